The van der Waals surface area contributed by atoms with Crippen LogP contribution in [0.15, 0.2) is 54.6 Å². The lowest BCUT2D eigenvalue weighted by Crippen LogP contribution is -2.46. The molecular formula is C30H29FN6O5S. The summed E-state index contributed by atoms with van der Waals surface area (Å²) in [7, 11) is -3.14. The first-order valence-electron chi connectivity index (χ1n) is 13.9. The molecule has 1 N–H and O–H groups in total. The average molecular weight is 605 g/mol. The van der Waals surface area contributed by atoms with E-state index < -0.39 is 26.9 Å². The van der Waals surface area contributed by atoms with Crippen LogP contribution in [0.2, 0.25) is 0 Å². The number of nitrogens with zero attached hydrogens (tertiary/aromatic N) is 6. The Morgan fingerprint density at radius 2 is 1.91 bits per heavy atom. The van der Waals surface area contributed by atoms with Gasteiger partial charge in [0.2, 0.25) is 5.88 Å². The molecule has 0 spiro atoms. The van der Waals surface area contributed by atoms with E-state index in [2.05, 4.69) is 14.8 Å². The van der Waals surface area contributed by atoms with Gasteiger partial charge in [0.1, 0.15) is 24.1 Å². The summed E-state index contributed by atoms with van der Waals surface area (Å²) in [6.45, 7) is 3.49. The number of carbonyl (C=O) groups is 1. The lowest BCUT2D eigenvalue weighted by molar-refractivity contribution is 0.0697. The van der Waals surface area contributed by atoms with Crippen LogP contribution in [0.5, 0.6) is 5.88 Å². The molecule has 4 aromatic rings. The number of aromatic nitrogens is 3. The maximum Gasteiger partial charge on any atom is 0.335 e. The monoisotopic (exact) mass is 604 g/mol. The summed E-state index contributed by atoms with van der Waals surface area (Å²) in [5.74, 6) is 0.431. The summed E-state index contributed by atoms with van der Waals surface area (Å²) in [6, 6.07) is 16.3. The Balaban J connectivity index is 1.12. The molecule has 2 saturated heterocycles. The lowest BCUT2D eigenvalue weighted by atomic mass is 10.1. The predicted molar refractivity (Wildman–Crippen MR) is 156 cm³/mol. The molecule has 0 radical (unpaired) electrons. The maximum atomic E-state index is 14.2. The van der Waals surface area contributed by atoms with Gasteiger partial charge >= 0.3 is 5.97 Å². The Morgan fingerprint density at radius 1 is 1.09 bits per heavy atom. The standard InChI is InChI=1S/C30H29FN6O5S/c31-24-14-20(16-32)4-5-22(24)19-42-29-3-1-2-27(34-29)36-11-9-35(10-12-36)18-28-33-25-7-6-21(30(38)39)15-26(25)37(28)17-23-8-13-43(23,40)41/h1-7,14-15,23H,8-13,17-19H2,(H,38,39). The van der Waals surface area contributed by atoms with E-state index in [0.717, 1.165) is 5.82 Å². The summed E-state index contributed by atoms with van der Waals surface area (Å²) in [6.07, 6.45) is 0.580. The number of fused-ring (bicyclic) bond motifs is 1. The number of aromatic carboxylic acids is 1. The number of imidazole rings is 1. The number of hydrogen-bond acceptors (Lipinski definition) is 9. The molecule has 0 aliphatic carbocycles. The number of halogens is 1. The Kier molecular flexibility index (Phi) is 7.72. The molecule has 2 aliphatic rings. The summed E-state index contributed by atoms with van der Waals surface area (Å²) in [5, 5.41) is 17.9. The van der Waals surface area contributed by atoms with E-state index in [-0.39, 0.29) is 30.0 Å². The fourth-order valence-corrected chi connectivity index (χ4v) is 6.73. The van der Waals surface area contributed by atoms with Gasteiger partial charge in [-0.25, -0.2) is 22.6 Å². The van der Waals surface area contributed by atoms with E-state index in [9.17, 15) is 22.7 Å². The Bertz CT molecular complexity index is 1850. The average Bonchev–Trinajstić information content (AvgIpc) is 3.34. The second-order valence-corrected chi connectivity index (χ2v) is 13.1. The molecule has 1 unspecified atom stereocenters. The number of benzene rings is 2. The van der Waals surface area contributed by atoms with Crippen LogP contribution < -0.4 is 9.64 Å². The summed E-state index contributed by atoms with van der Waals surface area (Å²) in [5.41, 5.74) is 1.97. The highest BCUT2D eigenvalue weighted by atomic mass is 32.2. The normalized spacial score (nSPS) is 18.2. The summed E-state index contributed by atoms with van der Waals surface area (Å²) >= 11 is 0. The van der Waals surface area contributed by atoms with Crippen molar-refractivity contribution in [3.8, 4) is 11.9 Å². The molecule has 1 atom stereocenters. The number of sulfone groups is 1. The van der Waals surface area contributed by atoms with E-state index in [4.69, 9.17) is 15.0 Å². The fraction of sp³-hybridized carbons (Fsp3) is 0.333. The zero-order chi connectivity index (χ0) is 30.1. The quantitative estimate of drug-likeness (QED) is 0.303. The van der Waals surface area contributed by atoms with Crippen molar-refractivity contribution < 1.29 is 27.4 Å². The van der Waals surface area contributed by atoms with Gasteiger partial charge in [0.25, 0.3) is 0 Å². The van der Waals surface area contributed by atoms with Crippen LogP contribution in [0, 0.1) is 17.1 Å². The van der Waals surface area contributed by atoms with Gasteiger partial charge in [-0.15, -0.1) is 0 Å². The van der Waals surface area contributed by atoms with Crippen LogP contribution in [-0.2, 0) is 29.5 Å². The van der Waals surface area contributed by atoms with Gasteiger partial charge in [-0.3, -0.25) is 4.90 Å². The van der Waals surface area contributed by atoms with Crippen molar-refractivity contribution in [2.75, 3.05) is 36.8 Å². The maximum absolute atomic E-state index is 14.2. The molecule has 0 saturated carbocycles. The third-order valence-electron chi connectivity index (χ3n) is 8.02. The first-order valence-corrected chi connectivity index (χ1v) is 15.6. The minimum atomic E-state index is -3.14. The number of nitriles is 1. The largest absolute Gasteiger partial charge is 0.478 e. The van der Waals surface area contributed by atoms with Gasteiger partial charge in [0.15, 0.2) is 9.84 Å². The summed E-state index contributed by atoms with van der Waals surface area (Å²) < 4.78 is 46.5. The van der Waals surface area contributed by atoms with E-state index in [1.807, 2.05) is 22.8 Å². The Morgan fingerprint density at radius 3 is 2.58 bits per heavy atom. The molecule has 6 rings (SSSR count). The number of carboxylic acid groups (broad SMARTS) is 1. The highest BCUT2D eigenvalue weighted by molar-refractivity contribution is 7.93. The number of ether oxygens (including phenoxy) is 1. The third-order valence-corrected chi connectivity index (χ3v) is 10.2. The number of pyridine rings is 1. The smallest absolute Gasteiger partial charge is 0.335 e. The Hall–Kier alpha value is -4.54. The molecule has 43 heavy (non-hydrogen) atoms. The first-order chi connectivity index (χ1) is 20.7. The minimum absolute atomic E-state index is 0.0150. The summed E-state index contributed by atoms with van der Waals surface area (Å²) in [4.78, 5) is 25.3. The predicted octanol–water partition coefficient (Wildman–Crippen LogP) is 3.23. The van der Waals surface area contributed by atoms with Crippen molar-refractivity contribution in [1.82, 2.24) is 19.4 Å². The molecule has 11 nitrogen and oxygen atoms in total. The van der Waals surface area contributed by atoms with E-state index in [1.54, 1.807) is 24.3 Å². The van der Waals surface area contributed by atoms with Gasteiger partial charge in [-0.05, 0) is 42.8 Å². The number of hydrogen-bond donors (Lipinski definition) is 1. The second-order valence-electron chi connectivity index (χ2n) is 10.7. The van der Waals surface area contributed by atoms with Gasteiger partial charge in [0.05, 0.1) is 45.8 Å². The van der Waals surface area contributed by atoms with Crippen molar-refractivity contribution >= 4 is 32.7 Å². The Labute approximate surface area is 247 Å². The van der Waals surface area contributed by atoms with E-state index in [0.29, 0.717) is 67.4 Å². The fourth-order valence-electron chi connectivity index (χ4n) is 5.40. The third kappa shape index (κ3) is 6.02. The molecule has 0 amide bonds. The van der Waals surface area contributed by atoms with Crippen molar-refractivity contribution in [1.29, 1.82) is 5.26 Å². The van der Waals surface area contributed by atoms with Crippen LogP contribution in [0.25, 0.3) is 11.0 Å². The van der Waals surface area contributed by atoms with Crippen LogP contribution in [0.1, 0.15) is 33.7 Å². The number of anilines is 1. The minimum Gasteiger partial charge on any atom is -0.478 e. The highest BCUT2D eigenvalue weighted by Crippen LogP contribution is 2.27. The molecule has 0 bridgehead atoms. The number of rotatable bonds is 9. The topological polar surface area (TPSA) is 142 Å². The first kappa shape index (κ1) is 28.6. The molecule has 4 heterocycles. The molecule has 13 heteroatoms. The SMILES string of the molecule is N#Cc1ccc(COc2cccc(N3CCN(Cc4nc5ccc(C(=O)O)cc5n4CC4CCS4(=O)=O)CC3)n2)c(F)c1. The van der Waals surface area contributed by atoms with Gasteiger partial charge in [-0.1, -0.05) is 12.1 Å². The van der Waals surface area contributed by atoms with Crippen molar-refractivity contribution in [3.05, 3.63) is 82.9 Å². The molecule has 2 aromatic carbocycles. The van der Waals surface area contributed by atoms with Gasteiger partial charge in [0, 0.05) is 44.4 Å². The van der Waals surface area contributed by atoms with Crippen LogP contribution in [0.3, 0.4) is 0 Å². The highest BCUT2D eigenvalue weighted by Gasteiger charge is 2.36. The number of carboxylic acids is 1. The lowest BCUT2D eigenvalue weighted by Gasteiger charge is -2.35. The van der Waals surface area contributed by atoms with Gasteiger partial charge in [-0.2, -0.15) is 10.2 Å². The van der Waals surface area contributed by atoms with Crippen LogP contribution in [-0.4, -0.2) is 76.1 Å². The number of piperazine rings is 1. The molecule has 2 fully saturated rings. The second kappa shape index (κ2) is 11.6. The molecule has 2 aromatic heterocycles. The van der Waals surface area contributed by atoms with Crippen LogP contribution >= 0.6 is 0 Å². The molecule has 222 valence electrons. The van der Waals surface area contributed by atoms with Crippen LogP contribution in [0.4, 0.5) is 10.2 Å². The molecular weight excluding hydrogens is 575 g/mol. The zero-order valence-electron chi connectivity index (χ0n) is 23.2. The van der Waals surface area contributed by atoms with Crippen molar-refractivity contribution in [2.45, 2.75) is 31.4 Å². The van der Waals surface area contributed by atoms with E-state index in [1.165, 1.54) is 18.2 Å². The van der Waals surface area contributed by atoms with Crippen molar-refractivity contribution in [2.24, 2.45) is 0 Å². The van der Waals surface area contributed by atoms with Crippen molar-refractivity contribution in [3.63, 3.8) is 0 Å². The van der Waals surface area contributed by atoms with E-state index >= 15 is 0 Å². The zero-order valence-corrected chi connectivity index (χ0v) is 24.0. The van der Waals surface area contributed by atoms with Gasteiger partial charge < -0.3 is 19.3 Å². The molecule has 2 aliphatic heterocycles.